The SMILES string of the molecule is [2H]c1c([2H])c([2H])c([Si](c2cccc3c2-[n+]2[c-]n(-c4[c-]c(Oc5[c-]c6c(cc5)c5ccccc5n6-c5cc(C(C)(C)C)ccn5)ccc4)c4cc(-c5cc(C(C)(C)C)cc(C(C)(C)C)c5)cc(c42)-c2c([2H])c([2H])c([2H])c([2H])c2-c2c([2H])c([2H])c([2H])c([2H])c2-3)(c2c([2H])c([2H])c([2H])c([2H])c2[2H])c2c([2H])c([2H])c([2H])c([2H])c2[2H])c([2H])c1[2H].[Pt]. The first kappa shape index (κ1) is 38.3. The summed E-state index contributed by atoms with van der Waals surface area (Å²) in [6.45, 7) is 18.7. The van der Waals surface area contributed by atoms with Gasteiger partial charge in [0.15, 0.2) is 8.07 Å². The molecule has 0 saturated heterocycles. The van der Waals surface area contributed by atoms with Crippen LogP contribution in [0.15, 0.2) is 260 Å². The Labute approximate surface area is 582 Å². The van der Waals surface area contributed by atoms with Gasteiger partial charge in [0.25, 0.3) is 6.33 Å². The van der Waals surface area contributed by atoms with Gasteiger partial charge >= 0.3 is 0 Å². The molecule has 3 aromatic heterocycles. The standard InChI is InChI=1S/C84H70N4OSi.Pt/c1-82(2,3)58-45-46-85-79(52-58)88-75-41-24-23-39-71(75)72-44-43-63(54-76(72)88)89-62-28-25-27-61(53-62)86-55-87-80-74(49-57(50-77(80)86)56-47-59(83(4,5)6)51-60(48-56)84(7,8)9)70-38-22-20-36-68(70)67-35-19-21-37-69(67)73-40-26-42-78(81(73)87)90(64-29-13-10-14-30-64,65-31-15-11-16-32-65)66-33-17-12-18-34-66;/h10-52H,1-9H3;/q-2;/i10D,11D,12D,13D,14D,15D,16D,17D,18D,19D,20D,21D,22D,29D,30D,31D,32D,33D,34D,35D,36D,37D,38D;. The van der Waals surface area contributed by atoms with Gasteiger partial charge in [-0.25, -0.2) is 4.98 Å². The number of imidazole rings is 1. The topological polar surface area (TPSA) is 35.9 Å². The molecule has 0 atom stereocenters. The molecule has 0 saturated carbocycles. The molecule has 0 aliphatic carbocycles. The summed E-state index contributed by atoms with van der Waals surface area (Å²) in [5, 5.41) is -1.36. The summed E-state index contributed by atoms with van der Waals surface area (Å²) in [7, 11) is -6.30. The minimum absolute atomic E-state index is 0. The van der Waals surface area contributed by atoms with Gasteiger partial charge in [-0.3, -0.25) is 4.57 Å². The van der Waals surface area contributed by atoms with Gasteiger partial charge in [0.1, 0.15) is 5.82 Å². The van der Waals surface area contributed by atoms with E-state index in [1.54, 1.807) is 42.6 Å². The van der Waals surface area contributed by atoms with Gasteiger partial charge in [-0.2, -0.15) is 18.2 Å². The van der Waals surface area contributed by atoms with Gasteiger partial charge in [0.2, 0.25) is 0 Å². The van der Waals surface area contributed by atoms with Crippen LogP contribution in [-0.4, -0.2) is 22.2 Å². The average molecular weight is 1400 g/mol. The molecule has 0 amide bonds. The zero-order chi connectivity index (χ0) is 81.7. The molecule has 0 spiro atoms. The van der Waals surface area contributed by atoms with Crippen molar-refractivity contribution in [1.29, 1.82) is 0 Å². The van der Waals surface area contributed by atoms with Crippen molar-refractivity contribution in [2.75, 3.05) is 0 Å². The van der Waals surface area contributed by atoms with Gasteiger partial charge in [-0.1, -0.05) is 267 Å². The molecule has 11 aromatic carbocycles. The Kier molecular flexibility index (Phi) is 9.59. The maximum absolute atomic E-state index is 10.4. The number of ether oxygens (including phenoxy) is 1. The fourth-order valence-electron chi connectivity index (χ4n) is 12.3. The minimum atomic E-state index is -6.30. The van der Waals surface area contributed by atoms with E-state index in [0.29, 0.717) is 22.5 Å². The average Bonchev–Trinajstić information content (AvgIpc) is 1.03. The monoisotopic (exact) mass is 1400 g/mol. The fourth-order valence-corrected chi connectivity index (χ4v) is 16.3. The molecule has 0 unspecified atom stereocenters. The molecular formula is C84H70N4OPtSi-2. The molecule has 91 heavy (non-hydrogen) atoms. The predicted molar refractivity (Wildman–Crippen MR) is 375 cm³/mol. The number of fused-ring (bicyclic) bond motifs is 10. The molecule has 1 aliphatic rings. The van der Waals surface area contributed by atoms with E-state index in [4.69, 9.17) is 13.8 Å². The van der Waals surface area contributed by atoms with E-state index < -0.39 is 201 Å². The minimum Gasteiger partial charge on any atom is -0.510 e. The van der Waals surface area contributed by atoms with Crippen LogP contribution in [0.5, 0.6) is 11.5 Å². The molecule has 448 valence electrons. The van der Waals surface area contributed by atoms with Crippen LogP contribution in [-0.2, 0) is 37.3 Å². The quantitative estimate of drug-likeness (QED) is 0.0625. The van der Waals surface area contributed by atoms with Crippen molar-refractivity contribution in [2.45, 2.75) is 78.6 Å². The van der Waals surface area contributed by atoms with Gasteiger partial charge in [-0.05, 0) is 134 Å². The number of pyridine rings is 1. The summed E-state index contributed by atoms with van der Waals surface area (Å²) >= 11 is 0. The molecular weight excluding hydrogens is 1300 g/mol. The number of hydrogen-bond acceptors (Lipinski definition) is 2. The molecule has 4 heterocycles. The van der Waals surface area contributed by atoms with Crippen molar-refractivity contribution in [1.82, 2.24) is 14.1 Å². The Morgan fingerprint density at radius 3 is 1.60 bits per heavy atom. The molecule has 1 aliphatic heterocycles. The third kappa shape index (κ3) is 10.2. The summed E-state index contributed by atoms with van der Waals surface area (Å²) in [4.78, 5) is 4.86. The molecule has 0 N–H and O–H groups in total. The number of aromatic nitrogens is 4. The second kappa shape index (κ2) is 22.8. The summed E-state index contributed by atoms with van der Waals surface area (Å²) in [5.41, 5.74) is 1.60. The first-order valence-electron chi connectivity index (χ1n) is 41.0. The Morgan fingerprint density at radius 1 is 0.462 bits per heavy atom. The van der Waals surface area contributed by atoms with Crippen LogP contribution in [0.3, 0.4) is 0 Å². The van der Waals surface area contributed by atoms with E-state index in [2.05, 4.69) is 86.8 Å². The number of nitrogens with zero attached hydrogens (tertiary/aromatic N) is 4. The zero-order valence-corrected chi connectivity index (χ0v) is 54.3. The predicted octanol–water partition coefficient (Wildman–Crippen LogP) is 17.8. The third-order valence-corrected chi connectivity index (χ3v) is 21.0. The van der Waals surface area contributed by atoms with Crippen LogP contribution in [0.2, 0.25) is 0 Å². The number of rotatable bonds is 9. The zero-order valence-electron chi connectivity index (χ0n) is 74.1. The Morgan fingerprint density at radius 2 is 1.00 bits per heavy atom. The fraction of sp³-hybridized carbons (Fsp3) is 0.143. The van der Waals surface area contributed by atoms with Crippen molar-refractivity contribution < 1.29 is 61.9 Å². The molecule has 0 bridgehead atoms. The van der Waals surface area contributed by atoms with E-state index in [1.165, 1.54) is 27.3 Å². The molecule has 0 radical (unpaired) electrons. The maximum Gasteiger partial charge on any atom is 0.268 e. The van der Waals surface area contributed by atoms with Crippen molar-refractivity contribution >= 4 is 61.7 Å². The maximum atomic E-state index is 10.4. The number of hydrogen-bond donors (Lipinski definition) is 0. The number of benzene rings is 11. The Hall–Kier alpha value is -9.45. The van der Waals surface area contributed by atoms with Crippen molar-refractivity contribution in [3.05, 3.63) is 296 Å². The van der Waals surface area contributed by atoms with E-state index in [1.807, 2.05) is 59.2 Å². The van der Waals surface area contributed by atoms with Crippen LogP contribution in [0.1, 0.15) is 111 Å². The van der Waals surface area contributed by atoms with Crippen molar-refractivity contribution in [3.8, 4) is 73.2 Å². The molecule has 15 rings (SSSR count). The summed E-state index contributed by atoms with van der Waals surface area (Å²) in [5.74, 6) is 0.968. The summed E-state index contributed by atoms with van der Waals surface area (Å²) in [6.07, 6.45) is 5.29. The Balaban J connectivity index is 0.0000108. The van der Waals surface area contributed by atoms with Crippen molar-refractivity contribution in [2.24, 2.45) is 0 Å². The second-order valence-corrected chi connectivity index (χ2v) is 29.0. The van der Waals surface area contributed by atoms with Crippen LogP contribution < -0.4 is 30.1 Å². The Bertz CT molecular complexity index is 6270. The normalized spacial score (nSPS) is 15.9. The van der Waals surface area contributed by atoms with E-state index in [-0.39, 0.29) is 71.4 Å². The molecule has 0 fully saturated rings. The van der Waals surface area contributed by atoms with Crippen LogP contribution >= 0.6 is 0 Å². The van der Waals surface area contributed by atoms with Gasteiger partial charge in [-0.15, -0.1) is 29.7 Å². The second-order valence-electron chi connectivity index (χ2n) is 25.5. The summed E-state index contributed by atoms with van der Waals surface area (Å²) < 4.78 is 237. The molecule has 7 heteroatoms. The van der Waals surface area contributed by atoms with Crippen LogP contribution in [0.4, 0.5) is 0 Å². The van der Waals surface area contributed by atoms with Crippen LogP contribution in [0.25, 0.3) is 94.5 Å². The summed E-state index contributed by atoms with van der Waals surface area (Å²) in [6, 6.07) is 18.8. The first-order chi connectivity index (χ1) is 53.0. The molecule has 5 nitrogen and oxygen atoms in total. The molecule has 14 aromatic rings. The first-order valence-corrected chi connectivity index (χ1v) is 31.5. The third-order valence-electron chi connectivity index (χ3n) is 16.8. The smallest absolute Gasteiger partial charge is 0.268 e. The van der Waals surface area contributed by atoms with E-state index in [0.717, 1.165) is 33.0 Å². The van der Waals surface area contributed by atoms with E-state index >= 15 is 0 Å². The van der Waals surface area contributed by atoms with E-state index in [9.17, 15) is 27.4 Å². The van der Waals surface area contributed by atoms with Crippen LogP contribution in [0, 0.1) is 18.5 Å². The van der Waals surface area contributed by atoms with Gasteiger partial charge in [0.05, 0.1) is 48.2 Å². The van der Waals surface area contributed by atoms with Gasteiger partial charge < -0.3 is 13.9 Å². The number of para-hydroxylation sites is 2. The van der Waals surface area contributed by atoms with Gasteiger partial charge in [0, 0.05) is 44.3 Å². The van der Waals surface area contributed by atoms with Crippen molar-refractivity contribution in [3.63, 3.8) is 0 Å². The largest absolute Gasteiger partial charge is 0.510 e.